The van der Waals surface area contributed by atoms with Crippen LogP contribution in [-0.2, 0) is 16.1 Å². The number of amides is 1. The fourth-order valence-corrected chi connectivity index (χ4v) is 2.77. The van der Waals surface area contributed by atoms with E-state index in [2.05, 4.69) is 15.5 Å². The zero-order valence-corrected chi connectivity index (χ0v) is 16.6. The van der Waals surface area contributed by atoms with Gasteiger partial charge in [0.15, 0.2) is 6.61 Å². The number of nitrogens with zero attached hydrogens (tertiary/aromatic N) is 2. The lowest BCUT2D eigenvalue weighted by Gasteiger charge is -2.06. The number of halogens is 3. The van der Waals surface area contributed by atoms with Crippen LogP contribution in [0.2, 0.25) is 10.0 Å². The Morgan fingerprint density at radius 1 is 1.21 bits per heavy atom. The topological polar surface area (TPSA) is 94.3 Å². The van der Waals surface area contributed by atoms with Crippen LogP contribution in [0.25, 0.3) is 11.4 Å². The number of benzene rings is 2. The first-order chi connectivity index (χ1) is 13.8. The minimum atomic E-state index is -0.718. The van der Waals surface area contributed by atoms with E-state index in [4.69, 9.17) is 32.5 Å². The van der Waals surface area contributed by atoms with Gasteiger partial charge in [-0.15, -0.1) is 0 Å². The molecule has 0 fully saturated rings. The van der Waals surface area contributed by atoms with Crippen LogP contribution in [-0.4, -0.2) is 28.6 Å². The van der Waals surface area contributed by atoms with Gasteiger partial charge in [0.25, 0.3) is 11.8 Å². The molecule has 0 aliphatic carbocycles. The van der Waals surface area contributed by atoms with E-state index in [1.165, 1.54) is 24.3 Å². The number of aryl methyl sites for hydroxylation is 1. The van der Waals surface area contributed by atoms with E-state index < -0.39 is 17.7 Å². The number of ether oxygens (including phenoxy) is 1. The van der Waals surface area contributed by atoms with E-state index in [1.54, 1.807) is 19.1 Å². The van der Waals surface area contributed by atoms with Gasteiger partial charge in [0, 0.05) is 10.6 Å². The van der Waals surface area contributed by atoms with Gasteiger partial charge in [-0.1, -0.05) is 40.5 Å². The number of esters is 1. The Morgan fingerprint density at radius 3 is 2.72 bits per heavy atom. The van der Waals surface area contributed by atoms with Crippen molar-refractivity contribution in [2.24, 2.45) is 0 Å². The summed E-state index contributed by atoms with van der Waals surface area (Å²) >= 11 is 11.7. The van der Waals surface area contributed by atoms with Gasteiger partial charge in [0.2, 0.25) is 5.82 Å². The van der Waals surface area contributed by atoms with Crippen molar-refractivity contribution in [1.29, 1.82) is 0 Å². The van der Waals surface area contributed by atoms with Crippen LogP contribution in [0.1, 0.15) is 21.8 Å². The van der Waals surface area contributed by atoms with Crippen molar-refractivity contribution in [2.75, 3.05) is 6.54 Å². The first-order valence-electron chi connectivity index (χ1n) is 8.31. The fourth-order valence-electron chi connectivity index (χ4n) is 2.28. The molecule has 1 amide bonds. The molecule has 1 aromatic heterocycles. The summed E-state index contributed by atoms with van der Waals surface area (Å²) in [4.78, 5) is 27.9. The molecule has 1 N–H and O–H groups in total. The Hall–Kier alpha value is -2.97. The van der Waals surface area contributed by atoms with Gasteiger partial charge in [-0.3, -0.25) is 9.59 Å². The summed E-state index contributed by atoms with van der Waals surface area (Å²) in [5, 5.41) is 6.66. The summed E-state index contributed by atoms with van der Waals surface area (Å²) in [6.45, 7) is 0.958. The number of rotatable bonds is 6. The van der Waals surface area contributed by atoms with Crippen LogP contribution >= 0.6 is 23.2 Å². The van der Waals surface area contributed by atoms with Crippen molar-refractivity contribution in [3.05, 3.63) is 69.3 Å². The predicted octanol–water partition coefficient (Wildman–Crippen LogP) is 3.96. The average molecular weight is 438 g/mol. The van der Waals surface area contributed by atoms with Crippen LogP contribution < -0.4 is 5.32 Å². The number of hydrogen-bond acceptors (Lipinski definition) is 6. The van der Waals surface area contributed by atoms with E-state index in [0.29, 0.717) is 16.1 Å². The quantitative estimate of drug-likeness (QED) is 0.586. The van der Waals surface area contributed by atoms with Crippen LogP contribution in [0.15, 0.2) is 40.9 Å². The largest absolute Gasteiger partial charge is 0.454 e. The van der Waals surface area contributed by atoms with Crippen molar-refractivity contribution in [1.82, 2.24) is 15.5 Å². The normalized spacial score (nSPS) is 10.6. The third-order valence-corrected chi connectivity index (χ3v) is 4.37. The maximum absolute atomic E-state index is 13.6. The van der Waals surface area contributed by atoms with E-state index in [0.717, 1.165) is 0 Å². The van der Waals surface area contributed by atoms with Gasteiger partial charge in [0.05, 0.1) is 10.6 Å². The van der Waals surface area contributed by atoms with Gasteiger partial charge < -0.3 is 14.6 Å². The van der Waals surface area contributed by atoms with Crippen LogP contribution in [0.3, 0.4) is 0 Å². The third-order valence-electron chi connectivity index (χ3n) is 3.82. The number of nitrogens with one attached hydrogen (secondary N) is 1. The monoisotopic (exact) mass is 437 g/mol. The zero-order chi connectivity index (χ0) is 21.0. The SMILES string of the molecule is Cc1ccc(-c2noc(COC(=O)CNC(=O)c3ccc(Cl)cc3Cl)n2)cc1F. The molecule has 29 heavy (non-hydrogen) atoms. The highest BCUT2D eigenvalue weighted by atomic mass is 35.5. The van der Waals surface area contributed by atoms with E-state index in [1.807, 2.05) is 0 Å². The van der Waals surface area contributed by atoms with Gasteiger partial charge >= 0.3 is 5.97 Å². The van der Waals surface area contributed by atoms with Gasteiger partial charge in [0.1, 0.15) is 12.4 Å². The molecule has 150 valence electrons. The summed E-state index contributed by atoms with van der Waals surface area (Å²) < 4.78 is 23.6. The molecule has 0 atom stereocenters. The zero-order valence-electron chi connectivity index (χ0n) is 15.0. The molecule has 0 saturated heterocycles. The van der Waals surface area contributed by atoms with Crippen molar-refractivity contribution < 1.29 is 23.2 Å². The Kier molecular flexibility index (Phi) is 6.46. The molecule has 0 spiro atoms. The molecule has 10 heteroatoms. The lowest BCUT2D eigenvalue weighted by molar-refractivity contribution is -0.144. The van der Waals surface area contributed by atoms with Gasteiger partial charge in [-0.25, -0.2) is 4.39 Å². The summed E-state index contributed by atoms with van der Waals surface area (Å²) in [6, 6.07) is 8.90. The van der Waals surface area contributed by atoms with Crippen molar-refractivity contribution >= 4 is 35.1 Å². The number of hydrogen-bond donors (Lipinski definition) is 1. The fraction of sp³-hybridized carbons (Fsp3) is 0.158. The lowest BCUT2D eigenvalue weighted by atomic mass is 10.1. The highest BCUT2D eigenvalue weighted by molar-refractivity contribution is 6.36. The van der Waals surface area contributed by atoms with Crippen LogP contribution in [0, 0.1) is 12.7 Å². The summed E-state index contributed by atoms with van der Waals surface area (Å²) in [5.41, 5.74) is 1.10. The number of aromatic nitrogens is 2. The Balaban J connectivity index is 1.51. The Labute approximate surface area is 174 Å². The average Bonchev–Trinajstić information content (AvgIpc) is 3.15. The molecule has 0 aliphatic rings. The second-order valence-electron chi connectivity index (χ2n) is 5.94. The Morgan fingerprint density at radius 2 is 2.00 bits per heavy atom. The van der Waals surface area contributed by atoms with Gasteiger partial charge in [-0.2, -0.15) is 4.98 Å². The summed E-state index contributed by atoms with van der Waals surface area (Å²) in [5.74, 6) is -1.46. The molecular formula is C19H14Cl2FN3O4. The van der Waals surface area contributed by atoms with E-state index in [9.17, 15) is 14.0 Å². The molecule has 3 aromatic rings. The number of carbonyl (C=O) groups excluding carboxylic acids is 2. The summed E-state index contributed by atoms with van der Waals surface area (Å²) in [7, 11) is 0. The molecule has 0 radical (unpaired) electrons. The first kappa shape index (κ1) is 20.8. The highest BCUT2D eigenvalue weighted by Gasteiger charge is 2.15. The van der Waals surface area contributed by atoms with Gasteiger partial charge in [-0.05, 0) is 36.8 Å². The lowest BCUT2D eigenvalue weighted by Crippen LogP contribution is -2.30. The molecule has 1 heterocycles. The first-order valence-corrected chi connectivity index (χ1v) is 9.07. The molecular weight excluding hydrogens is 424 g/mol. The molecule has 7 nitrogen and oxygen atoms in total. The maximum atomic E-state index is 13.6. The molecule has 0 bridgehead atoms. The third kappa shape index (κ3) is 5.30. The standard InChI is InChI=1S/C19H14Cl2FN3O4/c1-10-2-3-11(6-15(10)22)18-24-16(29-25-18)9-28-17(26)8-23-19(27)13-5-4-12(20)7-14(13)21/h2-7H,8-9H2,1H3,(H,23,27). The minimum absolute atomic E-state index is 0.0291. The van der Waals surface area contributed by atoms with E-state index in [-0.39, 0.29) is 35.5 Å². The van der Waals surface area contributed by atoms with Crippen LogP contribution in [0.5, 0.6) is 0 Å². The second kappa shape index (κ2) is 9.02. The van der Waals surface area contributed by atoms with Crippen molar-refractivity contribution in [3.63, 3.8) is 0 Å². The van der Waals surface area contributed by atoms with Crippen molar-refractivity contribution in [3.8, 4) is 11.4 Å². The number of carbonyl (C=O) groups is 2. The Bertz CT molecular complexity index is 1070. The van der Waals surface area contributed by atoms with Crippen molar-refractivity contribution in [2.45, 2.75) is 13.5 Å². The maximum Gasteiger partial charge on any atom is 0.325 e. The smallest absolute Gasteiger partial charge is 0.325 e. The minimum Gasteiger partial charge on any atom is -0.454 e. The van der Waals surface area contributed by atoms with Crippen LogP contribution in [0.4, 0.5) is 4.39 Å². The molecule has 0 saturated carbocycles. The molecule has 0 unspecified atom stereocenters. The molecule has 0 aliphatic heterocycles. The highest BCUT2D eigenvalue weighted by Crippen LogP contribution is 2.21. The summed E-state index contributed by atoms with van der Waals surface area (Å²) in [6.07, 6.45) is 0. The second-order valence-corrected chi connectivity index (χ2v) is 6.79. The molecule has 2 aromatic carbocycles. The predicted molar refractivity (Wildman–Crippen MR) is 103 cm³/mol. The molecule has 3 rings (SSSR count). The van der Waals surface area contributed by atoms with E-state index >= 15 is 0 Å².